The lowest BCUT2D eigenvalue weighted by Gasteiger charge is -2.15. The summed E-state index contributed by atoms with van der Waals surface area (Å²) in [5, 5.41) is 0. The number of ether oxygens (including phenoxy) is 1. The minimum Gasteiger partial charge on any atom is -0.383 e. The zero-order chi connectivity index (χ0) is 15.6. The van der Waals surface area contributed by atoms with E-state index in [-0.39, 0.29) is 0 Å². The van der Waals surface area contributed by atoms with Crippen LogP contribution in [0.1, 0.15) is 51.0 Å². The highest BCUT2D eigenvalue weighted by Gasteiger charge is 2.21. The van der Waals surface area contributed by atoms with Gasteiger partial charge in [-0.3, -0.25) is 0 Å². The molecule has 0 aliphatic carbocycles. The third-order valence-electron chi connectivity index (χ3n) is 3.58. The van der Waals surface area contributed by atoms with Crippen LogP contribution in [0.15, 0.2) is 24.3 Å². The molecule has 0 saturated heterocycles. The van der Waals surface area contributed by atoms with Gasteiger partial charge in [0.2, 0.25) is 0 Å². The lowest BCUT2D eigenvalue weighted by atomic mass is 10.1. The lowest BCUT2D eigenvalue weighted by molar-refractivity contribution is 0.185. The Hall–Kier alpha value is -1.81. The highest BCUT2D eigenvalue weighted by atomic mass is 16.5. The molecule has 2 aromatic rings. The second-order valence-corrected chi connectivity index (χ2v) is 5.91. The summed E-state index contributed by atoms with van der Waals surface area (Å²) in [7, 11) is 1.70. The average Bonchev–Trinajstić information content (AvgIpc) is 2.78. The molecule has 0 amide bonds. The van der Waals surface area contributed by atoms with E-state index < -0.39 is 0 Å². The monoisotopic (exact) mass is 287 g/mol. The fourth-order valence-corrected chi connectivity index (χ4v) is 2.64. The van der Waals surface area contributed by atoms with Crippen molar-refractivity contribution in [2.75, 3.05) is 12.8 Å². The molecular weight excluding hydrogens is 262 g/mol. The molecule has 4 heteroatoms. The average molecular weight is 287 g/mol. The summed E-state index contributed by atoms with van der Waals surface area (Å²) in [6.07, 6.45) is 0. The molecule has 21 heavy (non-hydrogen) atoms. The first-order valence-electron chi connectivity index (χ1n) is 7.42. The van der Waals surface area contributed by atoms with E-state index in [1.165, 1.54) is 0 Å². The van der Waals surface area contributed by atoms with Crippen molar-refractivity contribution >= 4 is 5.82 Å². The Morgan fingerprint density at radius 1 is 1.19 bits per heavy atom. The molecule has 0 atom stereocenters. The summed E-state index contributed by atoms with van der Waals surface area (Å²) < 4.78 is 7.42. The number of nitrogens with two attached hydrogens (primary N) is 1. The molecule has 4 nitrogen and oxygen atoms in total. The van der Waals surface area contributed by atoms with Gasteiger partial charge in [-0.15, -0.1) is 0 Å². The van der Waals surface area contributed by atoms with Crippen molar-refractivity contribution in [2.24, 2.45) is 0 Å². The predicted molar refractivity (Wildman–Crippen MR) is 87.3 cm³/mol. The molecule has 1 aromatic carbocycles. The maximum atomic E-state index is 6.40. The van der Waals surface area contributed by atoms with Crippen LogP contribution in [0, 0.1) is 0 Å². The van der Waals surface area contributed by atoms with Crippen molar-refractivity contribution in [3.63, 3.8) is 0 Å². The molecule has 0 aliphatic rings. The Labute approximate surface area is 127 Å². The second-order valence-electron chi connectivity index (χ2n) is 5.91. The van der Waals surface area contributed by atoms with Crippen molar-refractivity contribution in [3.05, 3.63) is 35.7 Å². The zero-order valence-electron chi connectivity index (χ0n) is 13.6. The van der Waals surface area contributed by atoms with E-state index in [1.807, 2.05) is 12.1 Å². The summed E-state index contributed by atoms with van der Waals surface area (Å²) in [5.74, 6) is 2.10. The number of hydrogen-bond donors (Lipinski definition) is 1. The molecule has 1 heterocycles. The van der Waals surface area contributed by atoms with Crippen molar-refractivity contribution in [1.82, 2.24) is 9.55 Å². The molecular formula is C17H25N3O. The highest BCUT2D eigenvalue weighted by Crippen LogP contribution is 2.33. The topological polar surface area (TPSA) is 53.1 Å². The van der Waals surface area contributed by atoms with Crippen LogP contribution in [0.25, 0.3) is 11.3 Å². The first-order valence-corrected chi connectivity index (χ1v) is 7.42. The van der Waals surface area contributed by atoms with E-state index in [0.717, 1.165) is 28.5 Å². The molecule has 2 N–H and O–H groups in total. The van der Waals surface area contributed by atoms with Crippen molar-refractivity contribution in [2.45, 2.75) is 46.3 Å². The Balaban J connectivity index is 2.63. The van der Waals surface area contributed by atoms with Gasteiger partial charge in [0, 0.05) is 24.6 Å². The summed E-state index contributed by atoms with van der Waals surface area (Å²) in [6, 6.07) is 8.43. The van der Waals surface area contributed by atoms with E-state index in [1.54, 1.807) is 7.11 Å². The van der Waals surface area contributed by atoms with Gasteiger partial charge in [-0.05, 0) is 19.4 Å². The Morgan fingerprint density at radius 3 is 2.38 bits per heavy atom. The fourth-order valence-electron chi connectivity index (χ4n) is 2.64. The van der Waals surface area contributed by atoms with Gasteiger partial charge < -0.3 is 15.0 Å². The number of methoxy groups -OCH3 is 1. The van der Waals surface area contributed by atoms with Crippen LogP contribution in [0.2, 0.25) is 0 Å². The third-order valence-corrected chi connectivity index (χ3v) is 3.58. The number of aromatic nitrogens is 2. The summed E-state index contributed by atoms with van der Waals surface area (Å²) in [6.45, 7) is 9.11. The summed E-state index contributed by atoms with van der Waals surface area (Å²) >= 11 is 0. The molecule has 1 aromatic heterocycles. The molecule has 0 spiro atoms. The van der Waals surface area contributed by atoms with E-state index in [4.69, 9.17) is 15.5 Å². The molecule has 0 radical (unpaired) electrons. The second kappa shape index (κ2) is 6.31. The number of nitrogens with zero attached hydrogens (tertiary/aromatic N) is 2. The van der Waals surface area contributed by atoms with Crippen molar-refractivity contribution in [1.29, 1.82) is 0 Å². The van der Waals surface area contributed by atoms with Gasteiger partial charge in [0.15, 0.2) is 0 Å². The van der Waals surface area contributed by atoms with Crippen LogP contribution in [0.5, 0.6) is 0 Å². The van der Waals surface area contributed by atoms with Crippen molar-refractivity contribution in [3.8, 4) is 11.3 Å². The van der Waals surface area contributed by atoms with Crippen LogP contribution >= 0.6 is 0 Å². The van der Waals surface area contributed by atoms with Crippen LogP contribution < -0.4 is 5.73 Å². The number of rotatable bonds is 5. The number of anilines is 1. The highest BCUT2D eigenvalue weighted by molar-refractivity contribution is 5.74. The predicted octanol–water partition coefficient (Wildman–Crippen LogP) is 3.98. The fraction of sp³-hybridized carbons (Fsp3) is 0.471. The van der Waals surface area contributed by atoms with Crippen LogP contribution in [-0.4, -0.2) is 16.7 Å². The van der Waals surface area contributed by atoms with Gasteiger partial charge >= 0.3 is 0 Å². The smallest absolute Gasteiger partial charge is 0.131 e. The maximum absolute atomic E-state index is 6.40. The number of imidazole rings is 1. The normalized spacial score (nSPS) is 11.6. The van der Waals surface area contributed by atoms with Gasteiger partial charge in [-0.2, -0.15) is 0 Å². The molecule has 114 valence electrons. The largest absolute Gasteiger partial charge is 0.383 e. The van der Waals surface area contributed by atoms with Gasteiger partial charge in [0.05, 0.1) is 6.61 Å². The van der Waals surface area contributed by atoms with E-state index >= 15 is 0 Å². The molecule has 0 aliphatic heterocycles. The number of nitrogen functional groups attached to an aromatic ring is 1. The summed E-state index contributed by atoms with van der Waals surface area (Å²) in [4.78, 5) is 4.83. The maximum Gasteiger partial charge on any atom is 0.131 e. The molecule has 0 unspecified atom stereocenters. The molecule has 0 saturated carbocycles. The lowest BCUT2D eigenvalue weighted by Crippen LogP contribution is -2.10. The van der Waals surface area contributed by atoms with E-state index in [0.29, 0.717) is 18.6 Å². The van der Waals surface area contributed by atoms with Gasteiger partial charge in [0.25, 0.3) is 0 Å². The van der Waals surface area contributed by atoms with Crippen molar-refractivity contribution < 1.29 is 4.74 Å². The Kier molecular flexibility index (Phi) is 4.68. The van der Waals surface area contributed by atoms with Crippen LogP contribution in [0.4, 0.5) is 5.82 Å². The van der Waals surface area contributed by atoms with E-state index in [2.05, 4.69) is 44.4 Å². The number of hydrogen-bond acceptors (Lipinski definition) is 3. The van der Waals surface area contributed by atoms with Gasteiger partial charge in [-0.25, -0.2) is 4.98 Å². The van der Waals surface area contributed by atoms with Gasteiger partial charge in [-0.1, -0.05) is 38.1 Å². The van der Waals surface area contributed by atoms with Crippen LogP contribution in [-0.2, 0) is 11.3 Å². The number of benzene rings is 1. The minimum atomic E-state index is 0.290. The summed E-state index contributed by atoms with van der Waals surface area (Å²) in [5.41, 5.74) is 9.42. The standard InChI is InChI=1S/C17H25N3O/c1-11(2)17-19-15(16(18)20(17)12(3)4)14-9-7-6-8-13(14)10-21-5/h6-9,11-12H,10,18H2,1-5H3. The first-order chi connectivity index (χ1) is 9.97. The molecule has 0 bridgehead atoms. The Morgan fingerprint density at radius 2 is 1.86 bits per heavy atom. The minimum absolute atomic E-state index is 0.290. The SMILES string of the molecule is COCc1ccccc1-c1nc(C(C)C)n(C(C)C)c1N. The zero-order valence-corrected chi connectivity index (χ0v) is 13.6. The van der Waals surface area contributed by atoms with E-state index in [9.17, 15) is 0 Å². The molecule has 2 rings (SSSR count). The Bertz CT molecular complexity index is 614. The van der Waals surface area contributed by atoms with Crippen LogP contribution in [0.3, 0.4) is 0 Å². The van der Waals surface area contributed by atoms with Gasteiger partial charge in [0.1, 0.15) is 17.3 Å². The molecule has 0 fully saturated rings. The first kappa shape index (κ1) is 15.6. The quantitative estimate of drug-likeness (QED) is 0.905. The third kappa shape index (κ3) is 2.95.